The molecule has 0 aliphatic carbocycles. The molecule has 1 nitrogen and oxygen atoms in total. The zero-order valence-electron chi connectivity index (χ0n) is 12.2. The molecule has 1 heterocycles. The van der Waals surface area contributed by atoms with Crippen LogP contribution < -0.4 is 0 Å². The smallest absolute Gasteiger partial charge is 0.0550 e. The minimum Gasteiger partial charge on any atom is -0.380 e. The van der Waals surface area contributed by atoms with Crippen molar-refractivity contribution < 1.29 is 4.74 Å². The highest BCUT2D eigenvalue weighted by atomic mass is 16.5. The van der Waals surface area contributed by atoms with Gasteiger partial charge in [-0.3, -0.25) is 0 Å². The van der Waals surface area contributed by atoms with Crippen LogP contribution in [0.15, 0.2) is 24.3 Å². The Bertz CT molecular complexity index is 388. The second-order valence-electron chi connectivity index (χ2n) is 6.60. The molecule has 1 aromatic carbocycles. The monoisotopic (exact) mass is 246 g/mol. The molecular formula is C17H26O. The maximum Gasteiger partial charge on any atom is 0.0550 e. The summed E-state index contributed by atoms with van der Waals surface area (Å²) in [7, 11) is 0. The topological polar surface area (TPSA) is 9.23 Å². The predicted molar refractivity (Wildman–Crippen MR) is 76.8 cm³/mol. The average Bonchev–Trinajstić information content (AvgIpc) is 2.22. The van der Waals surface area contributed by atoms with E-state index in [1.54, 1.807) is 0 Å². The van der Waals surface area contributed by atoms with Gasteiger partial charge in [0, 0.05) is 5.41 Å². The van der Waals surface area contributed by atoms with Gasteiger partial charge in [0.2, 0.25) is 0 Å². The van der Waals surface area contributed by atoms with E-state index in [1.807, 2.05) is 0 Å². The lowest BCUT2D eigenvalue weighted by Gasteiger charge is -2.45. The van der Waals surface area contributed by atoms with E-state index in [1.165, 1.54) is 17.5 Å². The summed E-state index contributed by atoms with van der Waals surface area (Å²) in [6.45, 7) is 11.1. The van der Waals surface area contributed by atoms with E-state index in [9.17, 15) is 0 Å². The zero-order chi connectivity index (χ0) is 13.2. The fourth-order valence-corrected chi connectivity index (χ4v) is 2.75. The highest BCUT2D eigenvalue weighted by Gasteiger charge is 2.41. The van der Waals surface area contributed by atoms with Crippen molar-refractivity contribution in [2.45, 2.75) is 40.5 Å². The Labute approximate surface area is 112 Å². The highest BCUT2D eigenvalue weighted by molar-refractivity contribution is 5.25. The first-order valence-electron chi connectivity index (χ1n) is 7.17. The molecule has 0 radical (unpaired) electrons. The minimum absolute atomic E-state index is 0.385. The summed E-state index contributed by atoms with van der Waals surface area (Å²) in [6.07, 6.45) is 2.34. The summed E-state index contributed by atoms with van der Waals surface area (Å²) in [4.78, 5) is 0. The molecule has 0 N–H and O–H groups in total. The summed E-state index contributed by atoms with van der Waals surface area (Å²) in [5, 5.41) is 0. The minimum atomic E-state index is 0.385. The molecule has 0 saturated carbocycles. The van der Waals surface area contributed by atoms with Gasteiger partial charge in [-0.2, -0.15) is 0 Å². The quantitative estimate of drug-likeness (QED) is 0.760. The van der Waals surface area contributed by atoms with E-state index in [-0.39, 0.29) is 0 Å². The molecule has 0 bridgehead atoms. The van der Waals surface area contributed by atoms with Gasteiger partial charge in [0.25, 0.3) is 0 Å². The fourth-order valence-electron chi connectivity index (χ4n) is 2.75. The van der Waals surface area contributed by atoms with Gasteiger partial charge in [-0.25, -0.2) is 0 Å². The molecule has 18 heavy (non-hydrogen) atoms. The van der Waals surface area contributed by atoms with Gasteiger partial charge in [0.1, 0.15) is 0 Å². The molecule has 0 aromatic heterocycles. The van der Waals surface area contributed by atoms with E-state index in [2.05, 4.69) is 52.0 Å². The van der Waals surface area contributed by atoms with Gasteiger partial charge in [-0.1, -0.05) is 52.0 Å². The number of benzene rings is 1. The third-order valence-electron chi connectivity index (χ3n) is 4.20. The first-order chi connectivity index (χ1) is 8.52. The Hall–Kier alpha value is -0.820. The molecule has 1 saturated heterocycles. The molecule has 1 fully saturated rings. The molecule has 0 unspecified atom stereocenters. The number of ether oxygens (including phenoxy) is 1. The molecule has 1 aliphatic heterocycles. The number of hydrogen-bond donors (Lipinski definition) is 0. The average molecular weight is 246 g/mol. The van der Waals surface area contributed by atoms with E-state index < -0.39 is 0 Å². The summed E-state index contributed by atoms with van der Waals surface area (Å²) in [6, 6.07) is 9.12. The van der Waals surface area contributed by atoms with Gasteiger partial charge in [0.15, 0.2) is 0 Å². The van der Waals surface area contributed by atoms with Crippen molar-refractivity contribution in [3.8, 4) is 0 Å². The molecule has 1 heteroatoms. The van der Waals surface area contributed by atoms with E-state index >= 15 is 0 Å². The number of rotatable bonds is 5. The van der Waals surface area contributed by atoms with Gasteiger partial charge in [-0.05, 0) is 35.8 Å². The molecule has 1 aliphatic rings. The van der Waals surface area contributed by atoms with Crippen LogP contribution in [0.4, 0.5) is 0 Å². The van der Waals surface area contributed by atoms with Crippen LogP contribution in [0.2, 0.25) is 0 Å². The van der Waals surface area contributed by atoms with Crippen molar-refractivity contribution in [1.82, 2.24) is 0 Å². The van der Waals surface area contributed by atoms with Crippen LogP contribution in [-0.2, 0) is 17.6 Å². The largest absolute Gasteiger partial charge is 0.380 e. The van der Waals surface area contributed by atoms with Crippen LogP contribution in [0, 0.1) is 17.3 Å². The Balaban J connectivity index is 2.09. The first-order valence-corrected chi connectivity index (χ1v) is 7.17. The van der Waals surface area contributed by atoms with Crippen LogP contribution >= 0.6 is 0 Å². The number of hydrogen-bond acceptors (Lipinski definition) is 1. The fraction of sp³-hybridized carbons (Fsp3) is 0.647. The third kappa shape index (κ3) is 2.95. The second-order valence-corrected chi connectivity index (χ2v) is 6.60. The summed E-state index contributed by atoms with van der Waals surface area (Å²) >= 11 is 0. The zero-order valence-corrected chi connectivity index (χ0v) is 12.2. The van der Waals surface area contributed by atoms with E-state index in [0.717, 1.165) is 25.6 Å². The molecule has 1 aromatic rings. The van der Waals surface area contributed by atoms with Crippen LogP contribution in [-0.4, -0.2) is 13.2 Å². The van der Waals surface area contributed by atoms with E-state index in [0.29, 0.717) is 11.3 Å². The van der Waals surface area contributed by atoms with Crippen molar-refractivity contribution in [2.24, 2.45) is 17.3 Å². The van der Waals surface area contributed by atoms with Crippen molar-refractivity contribution in [3.63, 3.8) is 0 Å². The maximum atomic E-state index is 5.47. The van der Waals surface area contributed by atoms with Gasteiger partial charge in [0.05, 0.1) is 13.2 Å². The van der Waals surface area contributed by atoms with Crippen molar-refractivity contribution >= 4 is 0 Å². The van der Waals surface area contributed by atoms with Crippen LogP contribution in [0.1, 0.15) is 38.8 Å². The SMILES string of the molecule is CC(C)Cc1cccc(CC2(C(C)C)COC2)c1. The Morgan fingerprint density at radius 2 is 1.78 bits per heavy atom. The van der Waals surface area contributed by atoms with Gasteiger partial charge >= 0.3 is 0 Å². The van der Waals surface area contributed by atoms with Crippen LogP contribution in [0.25, 0.3) is 0 Å². The molecule has 2 rings (SSSR count). The van der Waals surface area contributed by atoms with Crippen LogP contribution in [0.5, 0.6) is 0 Å². The van der Waals surface area contributed by atoms with Crippen molar-refractivity contribution in [1.29, 1.82) is 0 Å². The lowest BCUT2D eigenvalue weighted by molar-refractivity contribution is -0.138. The standard InChI is InChI=1S/C17H26O/c1-13(2)8-15-6-5-7-16(9-15)10-17(14(3)4)11-18-12-17/h5-7,9,13-14H,8,10-12H2,1-4H3. The highest BCUT2D eigenvalue weighted by Crippen LogP contribution is 2.39. The Morgan fingerprint density at radius 3 is 2.28 bits per heavy atom. The lowest BCUT2D eigenvalue weighted by Crippen LogP contribution is -2.48. The summed E-state index contributed by atoms with van der Waals surface area (Å²) in [5.41, 5.74) is 3.34. The molecule has 0 spiro atoms. The van der Waals surface area contributed by atoms with Crippen molar-refractivity contribution in [2.75, 3.05) is 13.2 Å². The summed E-state index contributed by atoms with van der Waals surface area (Å²) in [5.74, 6) is 1.42. The maximum absolute atomic E-state index is 5.47. The third-order valence-corrected chi connectivity index (χ3v) is 4.20. The predicted octanol–water partition coefficient (Wildman–Crippen LogP) is 4.10. The second kappa shape index (κ2) is 5.44. The van der Waals surface area contributed by atoms with Crippen LogP contribution in [0.3, 0.4) is 0 Å². The molecule has 0 atom stereocenters. The van der Waals surface area contributed by atoms with E-state index in [4.69, 9.17) is 4.74 Å². The van der Waals surface area contributed by atoms with Gasteiger partial charge in [-0.15, -0.1) is 0 Å². The Morgan fingerprint density at radius 1 is 1.11 bits per heavy atom. The summed E-state index contributed by atoms with van der Waals surface area (Å²) < 4.78 is 5.47. The Kier molecular flexibility index (Phi) is 4.11. The van der Waals surface area contributed by atoms with Gasteiger partial charge < -0.3 is 4.74 Å². The molecule has 100 valence electrons. The molecular weight excluding hydrogens is 220 g/mol. The van der Waals surface area contributed by atoms with Crippen molar-refractivity contribution in [3.05, 3.63) is 35.4 Å². The molecule has 0 amide bonds. The lowest BCUT2D eigenvalue weighted by atomic mass is 9.71. The first kappa shape index (κ1) is 13.6. The normalized spacial score (nSPS) is 18.1.